The molecule has 0 radical (unpaired) electrons. The Balaban J connectivity index is 1.48. The highest BCUT2D eigenvalue weighted by Crippen LogP contribution is 2.31. The van der Waals surface area contributed by atoms with E-state index in [1.54, 1.807) is 29.7 Å². The summed E-state index contributed by atoms with van der Waals surface area (Å²) in [5.74, 6) is 0.934. The summed E-state index contributed by atoms with van der Waals surface area (Å²) in [6.45, 7) is 2.08. The van der Waals surface area contributed by atoms with Gasteiger partial charge in [0.25, 0.3) is 5.56 Å². The van der Waals surface area contributed by atoms with E-state index in [0.29, 0.717) is 45.3 Å². The predicted octanol–water partition coefficient (Wildman–Crippen LogP) is 4.51. The van der Waals surface area contributed by atoms with Crippen LogP contribution in [0, 0.1) is 6.92 Å². The van der Waals surface area contributed by atoms with E-state index in [1.165, 1.54) is 17.8 Å². The van der Waals surface area contributed by atoms with E-state index in [9.17, 15) is 14.7 Å². The highest BCUT2D eigenvalue weighted by atomic mass is 32.2. The molecule has 0 amide bonds. The molecule has 3 aromatic heterocycles. The Labute approximate surface area is 208 Å². The average molecular weight is 497 g/mol. The number of fused-ring (bicyclic) bond motifs is 4. The van der Waals surface area contributed by atoms with Crippen LogP contribution in [0.2, 0.25) is 0 Å². The molecule has 0 aliphatic heterocycles. The summed E-state index contributed by atoms with van der Waals surface area (Å²) in [6, 6.07) is 21.9. The summed E-state index contributed by atoms with van der Waals surface area (Å²) in [5, 5.41) is 20.7. The first-order valence-corrected chi connectivity index (χ1v) is 12.3. The molecule has 0 saturated carbocycles. The van der Waals surface area contributed by atoms with Crippen LogP contribution in [0.4, 0.5) is 0 Å². The maximum absolute atomic E-state index is 13.4. The van der Waals surface area contributed by atoms with Crippen molar-refractivity contribution in [3.63, 3.8) is 0 Å². The van der Waals surface area contributed by atoms with Gasteiger partial charge < -0.3 is 9.52 Å². The Morgan fingerprint density at radius 1 is 0.944 bits per heavy atom. The molecule has 178 valence electrons. The number of thioether (sulfide) groups is 1. The number of rotatable bonds is 5. The van der Waals surface area contributed by atoms with E-state index >= 15 is 0 Å². The molecule has 8 nitrogen and oxygen atoms in total. The maximum Gasteiger partial charge on any atom is 0.336 e. The third-order valence-corrected chi connectivity index (χ3v) is 7.21. The third-order valence-electron chi connectivity index (χ3n) is 6.24. The number of nitrogens with zero attached hydrogens (tertiary/aromatic N) is 4. The first-order chi connectivity index (χ1) is 17.5. The Morgan fingerprint density at radius 3 is 2.56 bits per heavy atom. The molecular weight excluding hydrogens is 476 g/mol. The molecule has 0 aliphatic carbocycles. The van der Waals surface area contributed by atoms with Crippen molar-refractivity contribution < 1.29 is 9.52 Å². The highest BCUT2D eigenvalue weighted by Gasteiger charge is 2.18. The Hall–Kier alpha value is -4.37. The van der Waals surface area contributed by atoms with Gasteiger partial charge >= 0.3 is 5.63 Å². The number of hydrogen-bond donors (Lipinski definition) is 1. The summed E-state index contributed by atoms with van der Waals surface area (Å²) in [7, 11) is 0. The van der Waals surface area contributed by atoms with Crippen molar-refractivity contribution >= 4 is 39.4 Å². The van der Waals surface area contributed by atoms with Crippen LogP contribution in [0.3, 0.4) is 0 Å². The van der Waals surface area contributed by atoms with E-state index in [2.05, 4.69) is 10.2 Å². The fourth-order valence-corrected chi connectivity index (χ4v) is 5.34. The van der Waals surface area contributed by atoms with Crippen LogP contribution in [0.15, 0.2) is 92.0 Å². The summed E-state index contributed by atoms with van der Waals surface area (Å²) in [5.41, 5.74) is 2.72. The molecule has 0 saturated heterocycles. The SMILES string of the molecule is Cc1c(O)ccc2c(CSc3nnc4n(Cc5ccccc5)c(=O)c5ccccc5n34)cc(=O)oc12. The van der Waals surface area contributed by atoms with Crippen LogP contribution in [-0.2, 0) is 12.3 Å². The lowest BCUT2D eigenvalue weighted by Gasteiger charge is -2.12. The second kappa shape index (κ2) is 8.69. The van der Waals surface area contributed by atoms with E-state index in [-0.39, 0.29) is 11.3 Å². The van der Waals surface area contributed by atoms with Gasteiger partial charge in [0.2, 0.25) is 5.78 Å². The molecule has 6 rings (SSSR count). The van der Waals surface area contributed by atoms with Gasteiger partial charge in [-0.05, 0) is 42.3 Å². The van der Waals surface area contributed by atoms with Gasteiger partial charge in [0, 0.05) is 22.8 Å². The lowest BCUT2D eigenvalue weighted by molar-refractivity contribution is 0.468. The Bertz CT molecular complexity index is 1890. The van der Waals surface area contributed by atoms with Crippen molar-refractivity contribution in [2.45, 2.75) is 24.4 Å². The van der Waals surface area contributed by atoms with Crippen molar-refractivity contribution in [2.24, 2.45) is 0 Å². The molecule has 0 unspecified atom stereocenters. The molecule has 3 aromatic carbocycles. The molecule has 0 aliphatic rings. The number of para-hydroxylation sites is 1. The standard InChI is InChI=1S/C27H20N4O4S/c1-16-22(32)12-11-19-18(13-23(33)35-24(16)19)15-36-27-29-28-26-30(14-17-7-3-2-4-8-17)25(34)20-9-5-6-10-21(20)31(26)27/h2-13,32H,14-15H2,1H3. The molecule has 0 fully saturated rings. The molecule has 0 bridgehead atoms. The van der Waals surface area contributed by atoms with Gasteiger partial charge in [0.15, 0.2) is 5.16 Å². The monoisotopic (exact) mass is 496 g/mol. The zero-order chi connectivity index (χ0) is 24.8. The zero-order valence-corrected chi connectivity index (χ0v) is 20.0. The molecular formula is C27H20N4O4S. The molecule has 0 spiro atoms. The summed E-state index contributed by atoms with van der Waals surface area (Å²) in [4.78, 5) is 25.6. The van der Waals surface area contributed by atoms with Gasteiger partial charge in [-0.2, -0.15) is 0 Å². The van der Waals surface area contributed by atoms with Crippen LogP contribution >= 0.6 is 11.8 Å². The van der Waals surface area contributed by atoms with Crippen LogP contribution in [0.5, 0.6) is 5.75 Å². The van der Waals surface area contributed by atoms with Gasteiger partial charge in [0.05, 0.1) is 17.4 Å². The van der Waals surface area contributed by atoms with Crippen molar-refractivity contribution in [1.82, 2.24) is 19.2 Å². The predicted molar refractivity (Wildman–Crippen MR) is 139 cm³/mol. The number of phenols is 1. The number of hydrogen-bond acceptors (Lipinski definition) is 7. The van der Waals surface area contributed by atoms with Gasteiger partial charge in [-0.1, -0.05) is 54.2 Å². The average Bonchev–Trinajstić information content (AvgIpc) is 3.32. The Morgan fingerprint density at radius 2 is 1.72 bits per heavy atom. The number of aromatic nitrogens is 4. The number of phenolic OH excluding ortho intramolecular Hbond substituents is 1. The molecule has 9 heteroatoms. The van der Waals surface area contributed by atoms with Crippen LogP contribution in [0.25, 0.3) is 27.6 Å². The van der Waals surface area contributed by atoms with E-state index < -0.39 is 5.63 Å². The minimum absolute atomic E-state index is 0.0711. The first kappa shape index (κ1) is 22.1. The van der Waals surface area contributed by atoms with E-state index in [0.717, 1.165) is 16.5 Å². The van der Waals surface area contributed by atoms with E-state index in [4.69, 9.17) is 4.42 Å². The molecule has 0 atom stereocenters. The van der Waals surface area contributed by atoms with Gasteiger partial charge in [-0.15, -0.1) is 10.2 Å². The fraction of sp³-hybridized carbons (Fsp3) is 0.111. The van der Waals surface area contributed by atoms with Gasteiger partial charge in [-0.25, -0.2) is 4.79 Å². The molecule has 3 heterocycles. The van der Waals surface area contributed by atoms with Crippen LogP contribution in [-0.4, -0.2) is 24.3 Å². The van der Waals surface area contributed by atoms with Crippen molar-refractivity contribution in [3.05, 3.63) is 110 Å². The minimum atomic E-state index is -0.486. The van der Waals surface area contributed by atoms with Crippen molar-refractivity contribution in [3.8, 4) is 5.75 Å². The van der Waals surface area contributed by atoms with E-state index in [1.807, 2.05) is 52.9 Å². The lowest BCUT2D eigenvalue weighted by Crippen LogP contribution is -2.24. The van der Waals surface area contributed by atoms with Gasteiger partial charge in [-0.3, -0.25) is 13.8 Å². The largest absolute Gasteiger partial charge is 0.508 e. The molecule has 1 N–H and O–H groups in total. The Kier molecular flexibility index (Phi) is 5.34. The second-order valence-electron chi connectivity index (χ2n) is 8.48. The van der Waals surface area contributed by atoms with Crippen molar-refractivity contribution in [1.29, 1.82) is 0 Å². The zero-order valence-electron chi connectivity index (χ0n) is 19.2. The first-order valence-electron chi connectivity index (χ1n) is 11.3. The van der Waals surface area contributed by atoms with Crippen LogP contribution in [0.1, 0.15) is 16.7 Å². The summed E-state index contributed by atoms with van der Waals surface area (Å²) >= 11 is 1.41. The van der Waals surface area contributed by atoms with Crippen molar-refractivity contribution in [2.75, 3.05) is 0 Å². The molecule has 6 aromatic rings. The lowest BCUT2D eigenvalue weighted by atomic mass is 10.1. The van der Waals surface area contributed by atoms with Gasteiger partial charge in [0.1, 0.15) is 11.3 Å². The number of aryl methyl sites for hydroxylation is 1. The third kappa shape index (κ3) is 3.64. The fourth-order valence-electron chi connectivity index (χ4n) is 4.41. The second-order valence-corrected chi connectivity index (χ2v) is 9.42. The normalized spacial score (nSPS) is 11.6. The van der Waals surface area contributed by atoms with Crippen LogP contribution < -0.4 is 11.2 Å². The smallest absolute Gasteiger partial charge is 0.336 e. The quantitative estimate of drug-likeness (QED) is 0.277. The minimum Gasteiger partial charge on any atom is -0.508 e. The molecule has 36 heavy (non-hydrogen) atoms. The number of aromatic hydroxyl groups is 1. The number of benzene rings is 3. The highest BCUT2D eigenvalue weighted by molar-refractivity contribution is 7.98. The maximum atomic E-state index is 13.4. The topological polar surface area (TPSA) is 103 Å². The summed E-state index contributed by atoms with van der Waals surface area (Å²) < 4.78 is 8.88. The summed E-state index contributed by atoms with van der Waals surface area (Å²) in [6.07, 6.45) is 0.